The second-order valence-corrected chi connectivity index (χ2v) is 11.6. The van der Waals surface area contributed by atoms with Crippen LogP contribution in [0, 0.1) is 11.8 Å². The van der Waals surface area contributed by atoms with E-state index in [2.05, 4.69) is 20.1 Å². The highest BCUT2D eigenvalue weighted by Crippen LogP contribution is 2.71. The Morgan fingerprint density at radius 2 is 2.09 bits per heavy atom. The zero-order chi connectivity index (χ0) is 24.4. The van der Waals surface area contributed by atoms with Gasteiger partial charge in [0.25, 0.3) is 0 Å². The van der Waals surface area contributed by atoms with E-state index in [0.29, 0.717) is 25.9 Å². The molecule has 2 amide bonds. The number of aliphatic hydroxyl groups excluding tert-OH is 1. The number of rotatable bonds is 12. The Kier molecular flexibility index (Phi) is 7.99. The summed E-state index contributed by atoms with van der Waals surface area (Å²) in [4.78, 5) is 44.4. The van der Waals surface area contributed by atoms with Gasteiger partial charge in [0, 0.05) is 17.8 Å². The summed E-state index contributed by atoms with van der Waals surface area (Å²) < 4.78 is 4.39. The number of nitrogens with zero attached hydrogens (tertiary/aromatic N) is 2. The topological polar surface area (TPSA) is 87.1 Å². The molecule has 0 saturated carbocycles. The van der Waals surface area contributed by atoms with Crippen LogP contribution >= 0.6 is 11.8 Å². The fourth-order valence-electron chi connectivity index (χ4n) is 5.86. The van der Waals surface area contributed by atoms with Crippen LogP contribution in [-0.4, -0.2) is 80.6 Å². The van der Waals surface area contributed by atoms with E-state index in [0.717, 1.165) is 19.3 Å². The first kappa shape index (κ1) is 25.8. The lowest BCUT2D eigenvalue weighted by atomic mass is 9.66. The van der Waals surface area contributed by atoms with Crippen molar-refractivity contribution in [2.75, 3.05) is 26.3 Å². The highest BCUT2D eigenvalue weighted by molar-refractivity contribution is 8.02. The van der Waals surface area contributed by atoms with Gasteiger partial charge in [-0.25, -0.2) is 0 Å². The Morgan fingerprint density at radius 1 is 1.36 bits per heavy atom. The lowest BCUT2D eigenvalue weighted by Crippen LogP contribution is -2.57. The van der Waals surface area contributed by atoms with Crippen molar-refractivity contribution in [1.82, 2.24) is 9.80 Å². The molecule has 0 aromatic heterocycles. The molecule has 3 fully saturated rings. The van der Waals surface area contributed by atoms with Gasteiger partial charge in [0.15, 0.2) is 0 Å². The molecule has 0 aliphatic carbocycles. The van der Waals surface area contributed by atoms with Gasteiger partial charge in [0.05, 0.1) is 35.8 Å². The Hall–Kier alpha value is -1.80. The third kappa shape index (κ3) is 4.25. The highest BCUT2D eigenvalue weighted by atomic mass is 32.2. The van der Waals surface area contributed by atoms with Gasteiger partial charge in [-0.15, -0.1) is 24.9 Å². The summed E-state index contributed by atoms with van der Waals surface area (Å²) in [6.45, 7) is 14.3. The fourth-order valence-corrected chi connectivity index (χ4v) is 8.19. The average molecular weight is 479 g/mol. The number of amides is 2. The van der Waals surface area contributed by atoms with E-state index in [1.807, 2.05) is 6.92 Å². The monoisotopic (exact) mass is 478 g/mol. The first-order valence-electron chi connectivity index (χ1n) is 12.0. The first-order chi connectivity index (χ1) is 15.7. The lowest BCUT2D eigenvalue weighted by Gasteiger charge is -2.38. The van der Waals surface area contributed by atoms with Gasteiger partial charge in [0.1, 0.15) is 6.04 Å². The average Bonchev–Trinajstić information content (AvgIpc) is 3.36. The quantitative estimate of drug-likeness (QED) is 0.264. The maximum atomic E-state index is 14.0. The second kappa shape index (κ2) is 10.2. The number of carbonyl (C=O) groups is 3. The van der Waals surface area contributed by atoms with Crippen LogP contribution in [0.4, 0.5) is 0 Å². The Balaban J connectivity index is 2.02. The molecular weight excluding hydrogens is 440 g/mol. The van der Waals surface area contributed by atoms with E-state index in [1.54, 1.807) is 40.6 Å². The number of likely N-dealkylation sites (tertiary alicyclic amines) is 1. The summed E-state index contributed by atoms with van der Waals surface area (Å²) in [5, 5.41) is 9.95. The lowest BCUT2D eigenvalue weighted by molar-refractivity contribution is -0.156. The number of carbonyl (C=O) groups excluding carboxylic acids is 3. The second-order valence-electron chi connectivity index (χ2n) is 9.68. The van der Waals surface area contributed by atoms with E-state index >= 15 is 0 Å². The summed E-state index contributed by atoms with van der Waals surface area (Å²) >= 11 is 1.62. The normalized spacial score (nSPS) is 33.0. The van der Waals surface area contributed by atoms with Gasteiger partial charge < -0.3 is 19.6 Å². The van der Waals surface area contributed by atoms with Crippen LogP contribution < -0.4 is 0 Å². The summed E-state index contributed by atoms with van der Waals surface area (Å²) in [5.41, 5.74) is 0. The molecule has 33 heavy (non-hydrogen) atoms. The van der Waals surface area contributed by atoms with E-state index in [1.165, 1.54) is 0 Å². The fraction of sp³-hybridized carbons (Fsp3) is 0.720. The van der Waals surface area contributed by atoms with Crippen LogP contribution in [0.5, 0.6) is 0 Å². The summed E-state index contributed by atoms with van der Waals surface area (Å²) in [6, 6.07) is -1.24. The predicted molar refractivity (Wildman–Crippen MR) is 130 cm³/mol. The Morgan fingerprint density at radius 3 is 2.70 bits per heavy atom. The molecule has 8 heteroatoms. The minimum atomic E-state index is -0.716. The molecule has 0 aromatic carbocycles. The van der Waals surface area contributed by atoms with Gasteiger partial charge in [-0.3, -0.25) is 14.4 Å². The van der Waals surface area contributed by atoms with E-state index in [-0.39, 0.29) is 31.0 Å². The molecular formula is C25H38N2O5S. The van der Waals surface area contributed by atoms with Crippen LogP contribution in [0.15, 0.2) is 25.3 Å². The van der Waals surface area contributed by atoms with Gasteiger partial charge in [-0.05, 0) is 39.5 Å². The molecule has 184 valence electrons. The SMILES string of the molecule is C=CCCOC(=O)[C@@H]1[C@H]2C(=O)N([C@H](C)CO)C(C(=O)N(CC=C)CCCC)C23CC[C@@]1(C)S3. The number of hydrogen-bond acceptors (Lipinski definition) is 6. The zero-order valence-electron chi connectivity index (χ0n) is 20.1. The Labute approximate surface area is 201 Å². The minimum Gasteiger partial charge on any atom is -0.465 e. The molecule has 3 aliphatic heterocycles. The molecule has 2 bridgehead atoms. The van der Waals surface area contributed by atoms with Crippen molar-refractivity contribution in [3.05, 3.63) is 25.3 Å². The van der Waals surface area contributed by atoms with Crippen molar-refractivity contribution in [1.29, 1.82) is 0 Å². The Bertz CT molecular complexity index is 804. The van der Waals surface area contributed by atoms with Gasteiger partial charge in [-0.2, -0.15) is 0 Å². The van der Waals surface area contributed by atoms with Crippen molar-refractivity contribution in [2.45, 2.75) is 74.5 Å². The maximum Gasteiger partial charge on any atom is 0.311 e. The standard InChI is InChI=1S/C25H38N2O5S/c1-6-9-14-26(13-8-3)22(30)20-25-12-11-24(5,33-25)19(23(31)32-15-10-7-2)18(25)21(29)27(20)17(4)16-28/h7-8,17-20,28H,2-3,6,9-16H2,1,4-5H3/t17-,18+,19+,20?,24-,25?/m1/s1. The zero-order valence-corrected chi connectivity index (χ0v) is 20.9. The van der Waals surface area contributed by atoms with Crippen LogP contribution in [0.1, 0.15) is 52.9 Å². The van der Waals surface area contributed by atoms with Crippen LogP contribution in [-0.2, 0) is 19.1 Å². The molecule has 6 atom stereocenters. The van der Waals surface area contributed by atoms with Crippen molar-refractivity contribution in [2.24, 2.45) is 11.8 Å². The third-order valence-corrected chi connectivity index (χ3v) is 9.44. The van der Waals surface area contributed by atoms with Gasteiger partial charge >= 0.3 is 5.97 Å². The molecule has 2 unspecified atom stereocenters. The van der Waals surface area contributed by atoms with Crippen LogP contribution in [0.3, 0.4) is 0 Å². The van der Waals surface area contributed by atoms with Crippen molar-refractivity contribution in [3.8, 4) is 0 Å². The molecule has 3 saturated heterocycles. The van der Waals surface area contributed by atoms with Crippen molar-refractivity contribution >= 4 is 29.5 Å². The first-order valence-corrected chi connectivity index (χ1v) is 12.8. The largest absolute Gasteiger partial charge is 0.465 e. The van der Waals surface area contributed by atoms with Gasteiger partial charge in [-0.1, -0.05) is 25.5 Å². The van der Waals surface area contributed by atoms with Crippen molar-refractivity contribution < 1.29 is 24.2 Å². The molecule has 3 rings (SSSR count). The number of ether oxygens (including phenoxy) is 1. The smallest absolute Gasteiger partial charge is 0.311 e. The third-order valence-electron chi connectivity index (χ3n) is 7.45. The molecule has 7 nitrogen and oxygen atoms in total. The number of unbranched alkanes of at least 4 members (excludes halogenated alkanes) is 1. The van der Waals surface area contributed by atoms with Crippen LogP contribution in [0.2, 0.25) is 0 Å². The predicted octanol–water partition coefficient (Wildman–Crippen LogP) is 2.78. The molecule has 1 spiro atoms. The van der Waals surface area contributed by atoms with E-state index < -0.39 is 33.4 Å². The summed E-state index contributed by atoms with van der Waals surface area (Å²) in [7, 11) is 0. The number of fused-ring (bicyclic) bond motifs is 1. The molecule has 0 aromatic rings. The molecule has 1 N–H and O–H groups in total. The number of thioether (sulfide) groups is 1. The molecule has 0 radical (unpaired) electrons. The van der Waals surface area contributed by atoms with E-state index in [4.69, 9.17) is 4.74 Å². The summed E-state index contributed by atoms with van der Waals surface area (Å²) in [6.07, 6.45) is 7.17. The van der Waals surface area contributed by atoms with Crippen LogP contribution in [0.25, 0.3) is 0 Å². The number of esters is 1. The molecule has 3 aliphatic rings. The summed E-state index contributed by atoms with van der Waals surface area (Å²) in [5.74, 6) is -1.94. The van der Waals surface area contributed by atoms with E-state index in [9.17, 15) is 19.5 Å². The number of aliphatic hydroxyl groups is 1. The van der Waals surface area contributed by atoms with Gasteiger partial charge in [0.2, 0.25) is 11.8 Å². The maximum absolute atomic E-state index is 14.0. The highest BCUT2D eigenvalue weighted by Gasteiger charge is 2.78. The van der Waals surface area contributed by atoms with Crippen molar-refractivity contribution in [3.63, 3.8) is 0 Å². The molecule has 3 heterocycles. The number of hydrogen-bond donors (Lipinski definition) is 1. The minimum absolute atomic E-state index is 0.114.